The second-order valence-electron chi connectivity index (χ2n) is 4.55. The molecule has 118 valence electrons. The third kappa shape index (κ3) is 5.31. The van der Waals surface area contributed by atoms with Crippen molar-refractivity contribution >= 4 is 5.91 Å². The van der Waals surface area contributed by atoms with E-state index < -0.39 is 29.8 Å². The van der Waals surface area contributed by atoms with Crippen molar-refractivity contribution in [3.63, 3.8) is 0 Å². The van der Waals surface area contributed by atoms with Gasteiger partial charge in [-0.2, -0.15) is 13.2 Å². The summed E-state index contributed by atoms with van der Waals surface area (Å²) in [5.41, 5.74) is -1.62. The van der Waals surface area contributed by atoms with Crippen molar-refractivity contribution in [3.8, 4) is 0 Å². The minimum atomic E-state index is -4.75. The van der Waals surface area contributed by atoms with Gasteiger partial charge in [-0.3, -0.25) is 4.79 Å². The molecule has 1 aromatic carbocycles. The molecule has 3 N–H and O–H groups in total. The van der Waals surface area contributed by atoms with Crippen LogP contribution in [0, 0.1) is 5.82 Å². The number of carbonyl (C=O) groups excluding carboxylic acids is 1. The van der Waals surface area contributed by atoms with Crippen LogP contribution in [0.1, 0.15) is 30.6 Å². The summed E-state index contributed by atoms with van der Waals surface area (Å²) in [6, 6.07) is 1.61. The van der Waals surface area contributed by atoms with Gasteiger partial charge in [0.25, 0.3) is 0 Å². The van der Waals surface area contributed by atoms with E-state index in [1.54, 1.807) is 0 Å². The van der Waals surface area contributed by atoms with Gasteiger partial charge < -0.3 is 15.5 Å². The lowest BCUT2D eigenvalue weighted by Gasteiger charge is -2.19. The summed E-state index contributed by atoms with van der Waals surface area (Å²) in [7, 11) is 0. The summed E-state index contributed by atoms with van der Waals surface area (Å²) in [6.45, 7) is 1.29. The Morgan fingerprint density at radius 1 is 1.29 bits per heavy atom. The maximum Gasteiger partial charge on any atom is 0.416 e. The first kappa shape index (κ1) is 17.4. The largest absolute Gasteiger partial charge is 0.416 e. The fourth-order valence-electron chi connectivity index (χ4n) is 1.72. The summed E-state index contributed by atoms with van der Waals surface area (Å²) in [6.07, 6.45) is -7.95. The predicted octanol–water partition coefficient (Wildman–Crippen LogP) is 1.76. The van der Waals surface area contributed by atoms with Crippen molar-refractivity contribution in [2.75, 3.05) is 6.54 Å². The maximum atomic E-state index is 13.2. The van der Waals surface area contributed by atoms with E-state index in [9.17, 15) is 32.6 Å². The van der Waals surface area contributed by atoms with Gasteiger partial charge in [-0.05, 0) is 30.2 Å². The van der Waals surface area contributed by atoms with Gasteiger partial charge in [-0.1, -0.05) is 0 Å². The van der Waals surface area contributed by atoms with Gasteiger partial charge in [0.2, 0.25) is 5.91 Å². The number of rotatable bonds is 5. The summed E-state index contributed by atoms with van der Waals surface area (Å²) < 4.78 is 50.8. The molecule has 1 aromatic rings. The van der Waals surface area contributed by atoms with E-state index in [1.165, 1.54) is 6.92 Å². The molecule has 2 unspecified atom stereocenters. The van der Waals surface area contributed by atoms with E-state index >= 15 is 0 Å². The molecule has 0 aliphatic rings. The predicted molar refractivity (Wildman–Crippen MR) is 65.7 cm³/mol. The monoisotopic (exact) mass is 309 g/mol. The smallest absolute Gasteiger partial charge is 0.390 e. The second kappa shape index (κ2) is 6.86. The Morgan fingerprint density at radius 2 is 1.90 bits per heavy atom. The van der Waals surface area contributed by atoms with Crippen LogP contribution in [0.5, 0.6) is 0 Å². The van der Waals surface area contributed by atoms with Gasteiger partial charge in [0.05, 0.1) is 11.7 Å². The van der Waals surface area contributed by atoms with Gasteiger partial charge in [0, 0.05) is 13.5 Å². The molecular weight excluding hydrogens is 294 g/mol. The highest BCUT2D eigenvalue weighted by molar-refractivity contribution is 5.72. The highest BCUT2D eigenvalue weighted by Crippen LogP contribution is 2.32. The zero-order chi connectivity index (χ0) is 16.2. The topological polar surface area (TPSA) is 69.6 Å². The standard InChI is InChI=1S/C13H15F4NO3/c1-7(19)18-3-2-11(20)12(21)8-4-9(13(15,16)17)6-10(14)5-8/h4-6,11-12,20-21H,2-3H2,1H3,(H,18,19). The Morgan fingerprint density at radius 3 is 2.43 bits per heavy atom. The van der Waals surface area contributed by atoms with E-state index in [4.69, 9.17) is 0 Å². The van der Waals surface area contributed by atoms with E-state index in [-0.39, 0.29) is 24.4 Å². The molecule has 0 saturated heterocycles. The van der Waals surface area contributed by atoms with Crippen LogP contribution in [0.15, 0.2) is 18.2 Å². The fraction of sp³-hybridized carbons (Fsp3) is 0.462. The Kier molecular flexibility index (Phi) is 5.68. The van der Waals surface area contributed by atoms with Crippen molar-refractivity contribution in [3.05, 3.63) is 35.1 Å². The summed E-state index contributed by atoms with van der Waals surface area (Å²) in [5.74, 6) is -1.50. The molecule has 0 bridgehead atoms. The number of halogens is 4. The average molecular weight is 309 g/mol. The third-order valence-electron chi connectivity index (χ3n) is 2.77. The third-order valence-corrected chi connectivity index (χ3v) is 2.77. The molecule has 0 radical (unpaired) electrons. The molecular formula is C13H15F4NO3. The average Bonchev–Trinajstić information content (AvgIpc) is 2.35. The first-order valence-electron chi connectivity index (χ1n) is 6.09. The van der Waals surface area contributed by atoms with Gasteiger partial charge in [-0.25, -0.2) is 4.39 Å². The van der Waals surface area contributed by atoms with Crippen LogP contribution >= 0.6 is 0 Å². The first-order chi connectivity index (χ1) is 9.61. The lowest BCUT2D eigenvalue weighted by molar-refractivity contribution is -0.138. The molecule has 0 heterocycles. The highest BCUT2D eigenvalue weighted by atomic mass is 19.4. The molecule has 2 atom stereocenters. The highest BCUT2D eigenvalue weighted by Gasteiger charge is 2.32. The van der Waals surface area contributed by atoms with E-state index in [1.807, 2.05) is 0 Å². The molecule has 0 aliphatic heterocycles. The minimum absolute atomic E-state index is 0.0367. The molecule has 21 heavy (non-hydrogen) atoms. The Bertz CT molecular complexity index is 505. The van der Waals surface area contributed by atoms with Gasteiger partial charge in [-0.15, -0.1) is 0 Å². The number of carbonyl (C=O) groups is 1. The lowest BCUT2D eigenvalue weighted by Crippen LogP contribution is -2.27. The van der Waals surface area contributed by atoms with Crippen LogP contribution in [0.4, 0.5) is 17.6 Å². The molecule has 1 amide bonds. The zero-order valence-corrected chi connectivity index (χ0v) is 11.1. The molecule has 0 aliphatic carbocycles. The van der Waals surface area contributed by atoms with Crippen LogP contribution in [-0.2, 0) is 11.0 Å². The number of nitrogens with one attached hydrogen (secondary N) is 1. The van der Waals surface area contributed by atoms with E-state index in [2.05, 4.69) is 5.32 Å². The van der Waals surface area contributed by atoms with Crippen LogP contribution in [0.25, 0.3) is 0 Å². The Balaban J connectivity index is 2.84. The fourth-order valence-corrected chi connectivity index (χ4v) is 1.72. The van der Waals surface area contributed by atoms with Crippen molar-refractivity contribution < 1.29 is 32.6 Å². The summed E-state index contributed by atoms with van der Waals surface area (Å²) >= 11 is 0. The number of benzene rings is 1. The molecule has 8 heteroatoms. The molecule has 0 aromatic heterocycles. The quantitative estimate of drug-likeness (QED) is 0.726. The normalized spacial score (nSPS) is 14.6. The number of amides is 1. The van der Waals surface area contributed by atoms with E-state index in [0.717, 1.165) is 6.07 Å². The Labute approximate surface area is 118 Å². The lowest BCUT2D eigenvalue weighted by atomic mass is 9.99. The maximum absolute atomic E-state index is 13.2. The van der Waals surface area contributed by atoms with Crippen molar-refractivity contribution in [2.24, 2.45) is 0 Å². The van der Waals surface area contributed by atoms with Crippen molar-refractivity contribution in [1.29, 1.82) is 0 Å². The number of hydrogen-bond donors (Lipinski definition) is 3. The first-order valence-corrected chi connectivity index (χ1v) is 6.09. The van der Waals surface area contributed by atoms with Crippen LogP contribution in [0.3, 0.4) is 0 Å². The van der Waals surface area contributed by atoms with Gasteiger partial charge in [0.15, 0.2) is 0 Å². The molecule has 0 spiro atoms. The van der Waals surface area contributed by atoms with Crippen molar-refractivity contribution in [1.82, 2.24) is 5.32 Å². The Hall–Kier alpha value is -1.67. The number of hydrogen-bond acceptors (Lipinski definition) is 3. The second-order valence-corrected chi connectivity index (χ2v) is 4.55. The van der Waals surface area contributed by atoms with Crippen LogP contribution in [-0.4, -0.2) is 28.8 Å². The summed E-state index contributed by atoms with van der Waals surface area (Å²) in [5, 5.41) is 21.8. The van der Waals surface area contributed by atoms with E-state index in [0.29, 0.717) is 12.1 Å². The van der Waals surface area contributed by atoms with Crippen LogP contribution in [0.2, 0.25) is 0 Å². The number of alkyl halides is 3. The molecule has 0 saturated carbocycles. The number of aliphatic hydroxyl groups is 2. The van der Waals surface area contributed by atoms with Crippen molar-refractivity contribution in [2.45, 2.75) is 31.7 Å². The molecule has 1 rings (SSSR count). The minimum Gasteiger partial charge on any atom is -0.390 e. The summed E-state index contributed by atoms with van der Waals surface area (Å²) in [4.78, 5) is 10.6. The number of aliphatic hydroxyl groups excluding tert-OH is 2. The van der Waals surface area contributed by atoms with Gasteiger partial charge in [0.1, 0.15) is 11.9 Å². The zero-order valence-electron chi connectivity index (χ0n) is 11.1. The molecule has 0 fully saturated rings. The SMILES string of the molecule is CC(=O)NCCC(O)C(O)c1cc(F)cc(C(F)(F)F)c1. The van der Waals surface area contributed by atoms with Crippen LogP contribution < -0.4 is 5.32 Å². The van der Waals surface area contributed by atoms with Gasteiger partial charge >= 0.3 is 6.18 Å². The molecule has 4 nitrogen and oxygen atoms in total.